The Balaban J connectivity index is 2.34. The van der Waals surface area contributed by atoms with Gasteiger partial charge in [0.1, 0.15) is 0 Å². The van der Waals surface area contributed by atoms with Gasteiger partial charge >= 0.3 is 0 Å². The highest BCUT2D eigenvalue weighted by atomic mass is 16.1. The molecule has 1 aliphatic rings. The van der Waals surface area contributed by atoms with Crippen LogP contribution in [0, 0.1) is 0 Å². The Hall–Kier alpha value is -0.370. The molecular formula is C8H14NO. The fourth-order valence-electron chi connectivity index (χ4n) is 1.51. The first-order chi connectivity index (χ1) is 4.88. The Morgan fingerprint density at radius 1 is 1.70 bits per heavy atom. The Labute approximate surface area is 62.2 Å². The van der Waals surface area contributed by atoms with E-state index in [-0.39, 0.29) is 6.04 Å². The second-order valence-corrected chi connectivity index (χ2v) is 2.81. The van der Waals surface area contributed by atoms with Gasteiger partial charge < -0.3 is 0 Å². The predicted octanol–water partition coefficient (Wildman–Crippen LogP) is 0.971. The van der Waals surface area contributed by atoms with Gasteiger partial charge in [-0.05, 0) is 32.4 Å². The molecule has 1 saturated heterocycles. The van der Waals surface area contributed by atoms with E-state index in [4.69, 9.17) is 0 Å². The number of rotatable bonds is 3. The first-order valence-corrected chi connectivity index (χ1v) is 4.00. The number of hydrogen-bond donors (Lipinski definition) is 0. The van der Waals surface area contributed by atoms with E-state index in [2.05, 4.69) is 18.1 Å². The molecule has 1 rings (SSSR count). The first kappa shape index (κ1) is 7.73. The molecule has 0 aromatic carbocycles. The van der Waals surface area contributed by atoms with Gasteiger partial charge in [-0.2, -0.15) is 0 Å². The standard InChI is InChI=1S/C8H14NO/c1-2-5-9-6-3-4-8(9)7-10/h8H,2-6H2,1H3/t8-/m0/s1. The number of carbonyl (C=O) groups excluding carboxylic acids is 1. The van der Waals surface area contributed by atoms with Crippen molar-refractivity contribution in [3.05, 3.63) is 0 Å². The van der Waals surface area contributed by atoms with E-state index in [0.717, 1.165) is 25.9 Å². The van der Waals surface area contributed by atoms with E-state index >= 15 is 0 Å². The van der Waals surface area contributed by atoms with Gasteiger partial charge in [0.2, 0.25) is 6.29 Å². The smallest absolute Gasteiger partial charge is 0.217 e. The second kappa shape index (κ2) is 3.71. The molecule has 1 aliphatic heterocycles. The molecule has 1 heterocycles. The molecule has 57 valence electrons. The van der Waals surface area contributed by atoms with Crippen LogP contribution >= 0.6 is 0 Å². The van der Waals surface area contributed by atoms with Crippen LogP contribution in [-0.2, 0) is 4.79 Å². The highest BCUT2D eigenvalue weighted by Crippen LogP contribution is 2.14. The van der Waals surface area contributed by atoms with E-state index in [9.17, 15) is 4.79 Å². The van der Waals surface area contributed by atoms with Crippen LogP contribution < -0.4 is 0 Å². The molecule has 1 atom stereocenters. The van der Waals surface area contributed by atoms with Gasteiger partial charge in [0, 0.05) is 0 Å². The summed E-state index contributed by atoms with van der Waals surface area (Å²) in [5, 5.41) is 0. The molecule has 0 spiro atoms. The topological polar surface area (TPSA) is 20.3 Å². The minimum Gasteiger partial charge on any atom is -0.293 e. The van der Waals surface area contributed by atoms with Gasteiger partial charge in [-0.15, -0.1) is 0 Å². The summed E-state index contributed by atoms with van der Waals surface area (Å²) < 4.78 is 0. The lowest BCUT2D eigenvalue weighted by Crippen LogP contribution is -2.30. The third kappa shape index (κ3) is 1.57. The van der Waals surface area contributed by atoms with Crippen LogP contribution in [-0.4, -0.2) is 30.3 Å². The Morgan fingerprint density at radius 2 is 2.50 bits per heavy atom. The zero-order valence-corrected chi connectivity index (χ0v) is 6.47. The third-order valence-electron chi connectivity index (χ3n) is 2.01. The molecular weight excluding hydrogens is 126 g/mol. The molecule has 0 saturated carbocycles. The minimum atomic E-state index is 0.111. The largest absolute Gasteiger partial charge is 0.293 e. The maximum absolute atomic E-state index is 10.3. The van der Waals surface area contributed by atoms with Gasteiger partial charge in [-0.1, -0.05) is 6.92 Å². The fourth-order valence-corrected chi connectivity index (χ4v) is 1.51. The maximum Gasteiger partial charge on any atom is 0.217 e. The summed E-state index contributed by atoms with van der Waals surface area (Å²) in [4.78, 5) is 12.5. The molecule has 0 unspecified atom stereocenters. The van der Waals surface area contributed by atoms with Crippen molar-refractivity contribution < 1.29 is 4.79 Å². The quantitative estimate of drug-likeness (QED) is 0.582. The van der Waals surface area contributed by atoms with E-state index in [1.54, 1.807) is 0 Å². The van der Waals surface area contributed by atoms with Crippen LogP contribution in [0.3, 0.4) is 0 Å². The summed E-state index contributed by atoms with van der Waals surface area (Å²) >= 11 is 0. The molecule has 1 radical (unpaired) electrons. The fraction of sp³-hybridized carbons (Fsp3) is 0.875. The van der Waals surface area contributed by atoms with Crippen molar-refractivity contribution in [2.24, 2.45) is 0 Å². The normalized spacial score (nSPS) is 27.1. The highest BCUT2D eigenvalue weighted by Gasteiger charge is 2.22. The van der Waals surface area contributed by atoms with Crippen LogP contribution in [0.25, 0.3) is 0 Å². The van der Waals surface area contributed by atoms with Gasteiger partial charge in [0.25, 0.3) is 0 Å². The minimum absolute atomic E-state index is 0.111. The van der Waals surface area contributed by atoms with Gasteiger partial charge in [-0.25, -0.2) is 0 Å². The van der Waals surface area contributed by atoms with E-state index in [1.807, 2.05) is 0 Å². The van der Waals surface area contributed by atoms with Crippen LogP contribution in [0.1, 0.15) is 26.2 Å². The van der Waals surface area contributed by atoms with Gasteiger partial charge in [-0.3, -0.25) is 9.69 Å². The lowest BCUT2D eigenvalue weighted by Gasteiger charge is -2.17. The van der Waals surface area contributed by atoms with Gasteiger partial charge in [0.05, 0.1) is 6.04 Å². The molecule has 0 N–H and O–H groups in total. The van der Waals surface area contributed by atoms with Crippen LogP contribution in [0.4, 0.5) is 0 Å². The number of nitrogens with zero attached hydrogens (tertiary/aromatic N) is 1. The molecule has 10 heavy (non-hydrogen) atoms. The number of likely N-dealkylation sites (tertiary alicyclic amines) is 1. The molecule has 2 nitrogen and oxygen atoms in total. The first-order valence-electron chi connectivity index (χ1n) is 4.00. The van der Waals surface area contributed by atoms with Crippen LogP contribution in [0.5, 0.6) is 0 Å². The van der Waals surface area contributed by atoms with E-state index in [1.165, 1.54) is 6.42 Å². The molecule has 0 amide bonds. The lowest BCUT2D eigenvalue weighted by molar-refractivity contribution is 0.296. The van der Waals surface area contributed by atoms with Gasteiger partial charge in [0.15, 0.2) is 0 Å². The summed E-state index contributed by atoms with van der Waals surface area (Å²) in [6.07, 6.45) is 5.40. The Morgan fingerprint density at radius 3 is 3.10 bits per heavy atom. The maximum atomic E-state index is 10.3. The molecule has 0 aliphatic carbocycles. The number of hydrogen-bond acceptors (Lipinski definition) is 2. The van der Waals surface area contributed by atoms with Crippen molar-refractivity contribution in [1.29, 1.82) is 0 Å². The Bertz CT molecular complexity index is 114. The molecule has 0 aromatic heterocycles. The van der Waals surface area contributed by atoms with Crippen molar-refractivity contribution in [2.45, 2.75) is 32.2 Å². The summed E-state index contributed by atoms with van der Waals surface area (Å²) in [5.74, 6) is 0. The second-order valence-electron chi connectivity index (χ2n) is 2.81. The summed E-state index contributed by atoms with van der Waals surface area (Å²) in [5.41, 5.74) is 0. The predicted molar refractivity (Wildman–Crippen MR) is 40.6 cm³/mol. The zero-order valence-electron chi connectivity index (χ0n) is 6.47. The molecule has 0 bridgehead atoms. The van der Waals surface area contributed by atoms with Crippen molar-refractivity contribution in [3.63, 3.8) is 0 Å². The highest BCUT2D eigenvalue weighted by molar-refractivity contribution is 5.58. The van der Waals surface area contributed by atoms with Crippen molar-refractivity contribution >= 4 is 6.29 Å². The summed E-state index contributed by atoms with van der Waals surface area (Å²) in [7, 11) is 0. The van der Waals surface area contributed by atoms with Crippen molar-refractivity contribution in [3.8, 4) is 0 Å². The van der Waals surface area contributed by atoms with E-state index in [0.29, 0.717) is 0 Å². The summed E-state index contributed by atoms with van der Waals surface area (Å²) in [6, 6.07) is 0.111. The van der Waals surface area contributed by atoms with Crippen LogP contribution in [0.2, 0.25) is 0 Å². The average Bonchev–Trinajstić information content (AvgIpc) is 2.36. The molecule has 0 aromatic rings. The lowest BCUT2D eigenvalue weighted by atomic mass is 10.2. The van der Waals surface area contributed by atoms with Crippen molar-refractivity contribution in [1.82, 2.24) is 4.90 Å². The Kier molecular flexibility index (Phi) is 2.87. The molecule has 2 heteroatoms. The zero-order chi connectivity index (χ0) is 7.40. The van der Waals surface area contributed by atoms with E-state index < -0.39 is 0 Å². The average molecular weight is 140 g/mol. The van der Waals surface area contributed by atoms with Crippen LogP contribution in [0.15, 0.2) is 0 Å². The van der Waals surface area contributed by atoms with Crippen molar-refractivity contribution in [2.75, 3.05) is 13.1 Å². The summed E-state index contributed by atoms with van der Waals surface area (Å²) in [6.45, 7) is 4.29. The third-order valence-corrected chi connectivity index (χ3v) is 2.01. The monoisotopic (exact) mass is 140 g/mol. The SMILES string of the molecule is CCCN1CCC[C@H]1[C]=O. The molecule has 1 fully saturated rings.